The lowest BCUT2D eigenvalue weighted by Crippen LogP contribution is -2.12. The maximum atomic E-state index is 13.1. The average molecular weight is 317 g/mol. The molecule has 3 aromatic heterocycles. The van der Waals surface area contributed by atoms with Crippen LogP contribution in [0.3, 0.4) is 0 Å². The van der Waals surface area contributed by atoms with Crippen molar-refractivity contribution in [3.8, 4) is 0 Å². The lowest BCUT2D eigenvalue weighted by atomic mass is 10.2. The Morgan fingerprint density at radius 1 is 1.52 bits per heavy atom. The van der Waals surface area contributed by atoms with E-state index in [0.717, 1.165) is 5.69 Å². The Morgan fingerprint density at radius 3 is 2.96 bits per heavy atom. The lowest BCUT2D eigenvalue weighted by Gasteiger charge is -2.09. The molecule has 1 atom stereocenters. The number of amides is 1. The van der Waals surface area contributed by atoms with E-state index in [9.17, 15) is 9.18 Å². The standard InChI is InChI=1S/C14H16FN7O/c1-7-3-10(21-20-7)19-14(23)9-5-22(8(2)4-15)13-11(9)12(16)17-6-18-13/h3,5-6,8H,4H2,1-2H3,(H2,16,17,18)(H2,19,20,21,23). The Labute approximate surface area is 130 Å². The van der Waals surface area contributed by atoms with Gasteiger partial charge in [0.2, 0.25) is 0 Å². The normalized spacial score (nSPS) is 12.5. The number of alkyl halides is 1. The van der Waals surface area contributed by atoms with E-state index in [4.69, 9.17) is 5.73 Å². The van der Waals surface area contributed by atoms with Crippen LogP contribution in [0, 0.1) is 6.92 Å². The summed E-state index contributed by atoms with van der Waals surface area (Å²) in [5, 5.41) is 9.76. The van der Waals surface area contributed by atoms with Gasteiger partial charge in [-0.1, -0.05) is 0 Å². The smallest absolute Gasteiger partial charge is 0.259 e. The molecule has 3 aromatic rings. The molecule has 1 amide bonds. The first-order chi connectivity index (χ1) is 11.0. The first kappa shape index (κ1) is 14.9. The number of nitrogens with one attached hydrogen (secondary N) is 2. The molecule has 23 heavy (non-hydrogen) atoms. The highest BCUT2D eigenvalue weighted by molar-refractivity contribution is 6.14. The predicted molar refractivity (Wildman–Crippen MR) is 83.9 cm³/mol. The molecule has 9 heteroatoms. The van der Waals surface area contributed by atoms with Crippen LogP contribution in [0.1, 0.15) is 29.0 Å². The molecule has 0 aliphatic carbocycles. The van der Waals surface area contributed by atoms with Gasteiger partial charge in [0, 0.05) is 18.0 Å². The third-order valence-corrected chi connectivity index (χ3v) is 3.53. The second-order valence-electron chi connectivity index (χ2n) is 5.30. The molecule has 0 spiro atoms. The number of nitrogens with two attached hydrogens (primary N) is 1. The van der Waals surface area contributed by atoms with Crippen molar-refractivity contribution in [3.63, 3.8) is 0 Å². The van der Waals surface area contributed by atoms with Crippen molar-refractivity contribution >= 4 is 28.6 Å². The van der Waals surface area contributed by atoms with Crippen molar-refractivity contribution in [2.45, 2.75) is 19.9 Å². The maximum absolute atomic E-state index is 13.1. The van der Waals surface area contributed by atoms with Gasteiger partial charge < -0.3 is 15.6 Å². The van der Waals surface area contributed by atoms with Crippen molar-refractivity contribution in [1.29, 1.82) is 0 Å². The molecule has 0 saturated heterocycles. The number of nitrogen functional groups attached to an aromatic ring is 1. The highest BCUT2D eigenvalue weighted by Gasteiger charge is 2.21. The number of halogens is 1. The average Bonchev–Trinajstić information content (AvgIpc) is 3.11. The molecule has 4 N–H and O–H groups in total. The van der Waals surface area contributed by atoms with Gasteiger partial charge >= 0.3 is 0 Å². The van der Waals surface area contributed by atoms with E-state index >= 15 is 0 Å². The molecule has 120 valence electrons. The summed E-state index contributed by atoms with van der Waals surface area (Å²) in [5.41, 5.74) is 7.40. The molecule has 1 unspecified atom stereocenters. The Kier molecular flexibility index (Phi) is 3.68. The van der Waals surface area contributed by atoms with Crippen LogP contribution in [0.4, 0.5) is 16.0 Å². The van der Waals surface area contributed by atoms with E-state index < -0.39 is 18.6 Å². The molecule has 0 aliphatic rings. The van der Waals surface area contributed by atoms with E-state index in [2.05, 4.69) is 25.5 Å². The van der Waals surface area contributed by atoms with Gasteiger partial charge in [0.05, 0.1) is 17.0 Å². The highest BCUT2D eigenvalue weighted by Crippen LogP contribution is 2.27. The number of carbonyl (C=O) groups is 1. The van der Waals surface area contributed by atoms with E-state index in [1.807, 2.05) is 6.92 Å². The quantitative estimate of drug-likeness (QED) is 0.679. The number of carbonyl (C=O) groups excluding carboxylic acids is 1. The van der Waals surface area contributed by atoms with Gasteiger partial charge in [-0.15, -0.1) is 0 Å². The van der Waals surface area contributed by atoms with Crippen molar-refractivity contribution in [2.75, 3.05) is 17.7 Å². The molecule has 0 saturated carbocycles. The molecule has 0 aromatic carbocycles. The van der Waals surface area contributed by atoms with Crippen molar-refractivity contribution < 1.29 is 9.18 Å². The fraction of sp³-hybridized carbons (Fsp3) is 0.286. The van der Waals surface area contributed by atoms with Gasteiger partial charge in [-0.25, -0.2) is 14.4 Å². The van der Waals surface area contributed by atoms with Crippen LogP contribution in [0.2, 0.25) is 0 Å². The summed E-state index contributed by atoms with van der Waals surface area (Å²) >= 11 is 0. The summed E-state index contributed by atoms with van der Waals surface area (Å²) < 4.78 is 14.6. The van der Waals surface area contributed by atoms with Crippen molar-refractivity contribution in [1.82, 2.24) is 24.7 Å². The largest absolute Gasteiger partial charge is 0.383 e. The minimum atomic E-state index is -0.590. The van der Waals surface area contributed by atoms with Gasteiger partial charge in [0.15, 0.2) is 5.82 Å². The van der Waals surface area contributed by atoms with Crippen LogP contribution in [0.5, 0.6) is 0 Å². The molecule has 0 aliphatic heterocycles. The van der Waals surface area contributed by atoms with Crippen LogP contribution in [0.25, 0.3) is 11.0 Å². The SMILES string of the molecule is Cc1cc(NC(=O)c2cn(C(C)CF)c3ncnc(N)c23)n[nH]1. The topological polar surface area (TPSA) is 115 Å². The number of aromatic amines is 1. The number of aromatic nitrogens is 5. The molecule has 0 bridgehead atoms. The fourth-order valence-corrected chi connectivity index (χ4v) is 2.36. The molecule has 8 nitrogen and oxygen atoms in total. The Balaban J connectivity index is 2.07. The van der Waals surface area contributed by atoms with Crippen LogP contribution in [-0.4, -0.2) is 37.3 Å². The number of rotatable bonds is 4. The van der Waals surface area contributed by atoms with Crippen molar-refractivity contribution in [3.05, 3.63) is 29.8 Å². The number of H-pyrrole nitrogens is 1. The van der Waals surface area contributed by atoms with Gasteiger partial charge in [-0.2, -0.15) is 5.10 Å². The second kappa shape index (κ2) is 5.67. The summed E-state index contributed by atoms with van der Waals surface area (Å²) in [6.45, 7) is 2.92. The van der Waals surface area contributed by atoms with E-state index in [1.54, 1.807) is 17.6 Å². The fourth-order valence-electron chi connectivity index (χ4n) is 2.36. The number of anilines is 2. The second-order valence-corrected chi connectivity index (χ2v) is 5.30. The molecule has 0 fully saturated rings. The maximum Gasteiger partial charge on any atom is 0.259 e. The van der Waals surface area contributed by atoms with Crippen molar-refractivity contribution in [2.24, 2.45) is 0 Å². The number of nitrogens with zero attached hydrogens (tertiary/aromatic N) is 4. The highest BCUT2D eigenvalue weighted by atomic mass is 19.1. The molecule has 3 heterocycles. The number of hydrogen-bond donors (Lipinski definition) is 3. The molecule has 0 radical (unpaired) electrons. The van der Waals surface area contributed by atoms with E-state index in [0.29, 0.717) is 16.9 Å². The summed E-state index contributed by atoms with van der Waals surface area (Å²) in [4.78, 5) is 20.6. The van der Waals surface area contributed by atoms with Crippen LogP contribution in [0.15, 0.2) is 18.6 Å². The molecular weight excluding hydrogens is 301 g/mol. The summed E-state index contributed by atoms with van der Waals surface area (Å²) in [5.74, 6) is 0.151. The first-order valence-electron chi connectivity index (χ1n) is 7.01. The van der Waals surface area contributed by atoms with Gasteiger partial charge in [0.25, 0.3) is 5.91 Å². The Morgan fingerprint density at radius 2 is 2.30 bits per heavy atom. The van der Waals surface area contributed by atoms with Crippen LogP contribution < -0.4 is 11.1 Å². The first-order valence-corrected chi connectivity index (χ1v) is 7.01. The zero-order valence-corrected chi connectivity index (χ0v) is 12.7. The molecular formula is C14H16FN7O. The zero-order chi connectivity index (χ0) is 16.6. The third kappa shape index (κ3) is 2.60. The summed E-state index contributed by atoms with van der Waals surface area (Å²) in [6.07, 6.45) is 2.83. The predicted octanol–water partition coefficient (Wildman–Crippen LogP) is 1.83. The minimum absolute atomic E-state index is 0.170. The summed E-state index contributed by atoms with van der Waals surface area (Å²) in [6, 6.07) is 1.22. The van der Waals surface area contributed by atoms with E-state index in [-0.39, 0.29) is 11.4 Å². The van der Waals surface area contributed by atoms with Crippen LogP contribution >= 0.6 is 0 Å². The lowest BCUT2D eigenvalue weighted by molar-refractivity contribution is 0.102. The Hall–Kier alpha value is -2.97. The van der Waals surface area contributed by atoms with Gasteiger partial charge in [-0.05, 0) is 13.8 Å². The monoisotopic (exact) mass is 317 g/mol. The summed E-state index contributed by atoms with van der Waals surface area (Å²) in [7, 11) is 0. The molecule has 3 rings (SSSR count). The van der Waals surface area contributed by atoms with Crippen LogP contribution in [-0.2, 0) is 0 Å². The zero-order valence-electron chi connectivity index (χ0n) is 12.7. The third-order valence-electron chi connectivity index (χ3n) is 3.53. The Bertz CT molecular complexity index is 869. The minimum Gasteiger partial charge on any atom is -0.383 e. The number of hydrogen-bond acceptors (Lipinski definition) is 5. The van der Waals surface area contributed by atoms with Gasteiger partial charge in [0.1, 0.15) is 24.5 Å². The van der Waals surface area contributed by atoms with E-state index in [1.165, 1.54) is 12.5 Å². The number of aryl methyl sites for hydroxylation is 1. The number of fused-ring (bicyclic) bond motifs is 1. The van der Waals surface area contributed by atoms with Gasteiger partial charge in [-0.3, -0.25) is 9.89 Å².